The summed E-state index contributed by atoms with van der Waals surface area (Å²) in [7, 11) is 0. The molecule has 3 heterocycles. The molecule has 3 amide bonds. The Balaban J connectivity index is 1.31. The van der Waals surface area contributed by atoms with Gasteiger partial charge in [-0.15, -0.1) is 0 Å². The number of piperidine rings is 1. The fourth-order valence-corrected chi connectivity index (χ4v) is 6.14. The molecular formula is C26H35N3O3. The molecule has 0 radical (unpaired) electrons. The van der Waals surface area contributed by atoms with Crippen molar-refractivity contribution >= 4 is 23.4 Å². The zero-order valence-electron chi connectivity index (χ0n) is 19.1. The lowest BCUT2D eigenvalue weighted by Crippen LogP contribution is -2.42. The van der Waals surface area contributed by atoms with Gasteiger partial charge < -0.3 is 9.80 Å². The van der Waals surface area contributed by atoms with Crippen LogP contribution in [0.4, 0.5) is 5.69 Å². The third-order valence-electron chi connectivity index (χ3n) is 7.97. The van der Waals surface area contributed by atoms with E-state index in [-0.39, 0.29) is 23.8 Å². The molecule has 1 aromatic rings. The first-order valence-electron chi connectivity index (χ1n) is 12.7. The van der Waals surface area contributed by atoms with Gasteiger partial charge in [0.1, 0.15) is 0 Å². The van der Waals surface area contributed by atoms with Gasteiger partial charge in [-0.1, -0.05) is 38.2 Å². The van der Waals surface area contributed by atoms with Crippen molar-refractivity contribution in [1.29, 1.82) is 0 Å². The first-order chi connectivity index (χ1) is 15.6. The highest BCUT2D eigenvalue weighted by Gasteiger charge is 2.42. The van der Waals surface area contributed by atoms with E-state index in [1.165, 1.54) is 19.3 Å². The van der Waals surface area contributed by atoms with Gasteiger partial charge in [0.05, 0.1) is 16.8 Å². The van der Waals surface area contributed by atoms with E-state index in [1.54, 1.807) is 4.90 Å². The van der Waals surface area contributed by atoms with E-state index >= 15 is 0 Å². The molecule has 6 heteroatoms. The van der Waals surface area contributed by atoms with Gasteiger partial charge in [-0.3, -0.25) is 19.3 Å². The number of hydrogen-bond donors (Lipinski definition) is 0. The summed E-state index contributed by atoms with van der Waals surface area (Å²) in [6, 6.07) is 5.72. The van der Waals surface area contributed by atoms with Gasteiger partial charge in [-0.25, -0.2) is 0 Å². The van der Waals surface area contributed by atoms with Crippen LogP contribution < -0.4 is 4.90 Å². The topological polar surface area (TPSA) is 60.9 Å². The Hall–Kier alpha value is -2.37. The molecule has 0 spiro atoms. The lowest BCUT2D eigenvalue weighted by molar-refractivity contribution is -0.135. The molecule has 1 aromatic carbocycles. The van der Waals surface area contributed by atoms with E-state index < -0.39 is 0 Å². The Morgan fingerprint density at radius 1 is 0.750 bits per heavy atom. The van der Waals surface area contributed by atoms with Crippen LogP contribution in [-0.2, 0) is 4.79 Å². The Morgan fingerprint density at radius 3 is 2.09 bits per heavy atom. The first kappa shape index (κ1) is 21.5. The van der Waals surface area contributed by atoms with E-state index in [2.05, 4.69) is 4.90 Å². The standard InChI is InChI=1S/C26H35N3O3/c30-24(28-15-6-7-16-28)19-13-17-27(18-14-19)22-12-8-11-21-23(22)26(32)29(25(21)31)20-9-4-2-1-3-5-10-20/h8,11-12,19-20H,1-7,9-10,13-18H2. The van der Waals surface area contributed by atoms with Crippen LogP contribution in [0.25, 0.3) is 0 Å². The number of likely N-dealkylation sites (tertiary alicyclic amines) is 1. The van der Waals surface area contributed by atoms with Crippen molar-refractivity contribution in [3.8, 4) is 0 Å². The van der Waals surface area contributed by atoms with Crippen LogP contribution in [0.2, 0.25) is 0 Å². The highest BCUT2D eigenvalue weighted by molar-refractivity contribution is 6.24. The molecule has 172 valence electrons. The molecule has 3 aliphatic heterocycles. The second kappa shape index (κ2) is 9.24. The van der Waals surface area contributed by atoms with Gasteiger partial charge in [0.15, 0.2) is 0 Å². The number of benzene rings is 1. The van der Waals surface area contributed by atoms with Crippen molar-refractivity contribution < 1.29 is 14.4 Å². The summed E-state index contributed by atoms with van der Waals surface area (Å²) in [6.07, 6.45) is 11.5. The second-order valence-electron chi connectivity index (χ2n) is 9.97. The molecule has 0 bridgehead atoms. The van der Waals surface area contributed by atoms with Gasteiger partial charge in [0, 0.05) is 38.1 Å². The van der Waals surface area contributed by atoms with Crippen LogP contribution >= 0.6 is 0 Å². The van der Waals surface area contributed by atoms with Crippen LogP contribution in [0.3, 0.4) is 0 Å². The van der Waals surface area contributed by atoms with Crippen molar-refractivity contribution in [3.63, 3.8) is 0 Å². The number of carbonyl (C=O) groups is 3. The van der Waals surface area contributed by atoms with E-state index in [9.17, 15) is 14.4 Å². The van der Waals surface area contributed by atoms with Gasteiger partial charge in [-0.05, 0) is 50.7 Å². The van der Waals surface area contributed by atoms with Gasteiger partial charge >= 0.3 is 0 Å². The minimum absolute atomic E-state index is 0.0272. The Morgan fingerprint density at radius 2 is 1.41 bits per heavy atom. The van der Waals surface area contributed by atoms with E-state index in [1.807, 2.05) is 23.1 Å². The maximum atomic E-state index is 13.5. The quantitative estimate of drug-likeness (QED) is 0.664. The lowest BCUT2D eigenvalue weighted by Gasteiger charge is -2.35. The molecule has 5 rings (SSSR count). The van der Waals surface area contributed by atoms with Crippen LogP contribution in [-0.4, -0.2) is 59.7 Å². The summed E-state index contributed by atoms with van der Waals surface area (Å²) in [6.45, 7) is 3.31. The third kappa shape index (κ3) is 3.93. The Labute approximate surface area is 190 Å². The average molecular weight is 438 g/mol. The van der Waals surface area contributed by atoms with E-state index in [0.717, 1.165) is 83.2 Å². The summed E-state index contributed by atoms with van der Waals surface area (Å²) in [4.78, 5) is 45.4. The summed E-state index contributed by atoms with van der Waals surface area (Å²) in [5.41, 5.74) is 2.02. The number of anilines is 1. The molecule has 6 nitrogen and oxygen atoms in total. The number of carbonyl (C=O) groups excluding carboxylic acids is 3. The monoisotopic (exact) mass is 437 g/mol. The number of nitrogens with zero attached hydrogens (tertiary/aromatic N) is 3. The summed E-state index contributed by atoms with van der Waals surface area (Å²) in [5, 5.41) is 0. The number of fused-ring (bicyclic) bond motifs is 1. The van der Waals surface area contributed by atoms with Crippen LogP contribution in [0, 0.1) is 5.92 Å². The molecule has 2 saturated heterocycles. The third-order valence-corrected chi connectivity index (χ3v) is 7.97. The first-order valence-corrected chi connectivity index (χ1v) is 12.7. The maximum absolute atomic E-state index is 13.5. The normalized spacial score (nSPS) is 23.4. The average Bonchev–Trinajstić information content (AvgIpc) is 3.42. The summed E-state index contributed by atoms with van der Waals surface area (Å²) >= 11 is 0. The van der Waals surface area contributed by atoms with Crippen LogP contribution in [0.5, 0.6) is 0 Å². The van der Waals surface area contributed by atoms with Crippen molar-refractivity contribution in [2.24, 2.45) is 5.92 Å². The molecule has 0 N–H and O–H groups in total. The minimum Gasteiger partial charge on any atom is -0.371 e. The van der Waals surface area contributed by atoms with Crippen molar-refractivity contribution in [3.05, 3.63) is 29.3 Å². The Bertz CT molecular complexity index is 876. The van der Waals surface area contributed by atoms with Crippen LogP contribution in [0.1, 0.15) is 91.3 Å². The van der Waals surface area contributed by atoms with Gasteiger partial charge in [0.2, 0.25) is 5.91 Å². The SMILES string of the molecule is O=C(C1CCN(c2cccc3c2C(=O)N(C2CCCCCCC2)C3=O)CC1)N1CCCC1. The lowest BCUT2D eigenvalue weighted by atomic mass is 9.94. The zero-order valence-corrected chi connectivity index (χ0v) is 19.1. The highest BCUT2D eigenvalue weighted by atomic mass is 16.2. The molecule has 0 aromatic heterocycles. The van der Waals surface area contributed by atoms with Crippen molar-refractivity contribution in [1.82, 2.24) is 9.80 Å². The number of amides is 3. The van der Waals surface area contributed by atoms with Crippen molar-refractivity contribution in [2.45, 2.75) is 76.7 Å². The molecule has 3 fully saturated rings. The summed E-state index contributed by atoms with van der Waals surface area (Å²) in [5.74, 6) is 0.171. The molecule has 1 aliphatic carbocycles. The highest BCUT2D eigenvalue weighted by Crippen LogP contribution is 2.37. The van der Waals surface area contributed by atoms with E-state index in [4.69, 9.17) is 0 Å². The smallest absolute Gasteiger partial charge is 0.263 e. The van der Waals surface area contributed by atoms with Crippen LogP contribution in [0.15, 0.2) is 18.2 Å². The molecular weight excluding hydrogens is 402 g/mol. The Kier molecular flexibility index (Phi) is 6.20. The summed E-state index contributed by atoms with van der Waals surface area (Å²) < 4.78 is 0. The van der Waals surface area contributed by atoms with E-state index in [0.29, 0.717) is 17.0 Å². The number of imide groups is 1. The fraction of sp³-hybridized carbons (Fsp3) is 0.654. The minimum atomic E-state index is -0.114. The number of rotatable bonds is 3. The van der Waals surface area contributed by atoms with Gasteiger partial charge in [-0.2, -0.15) is 0 Å². The zero-order chi connectivity index (χ0) is 22.1. The predicted octanol–water partition coefficient (Wildman–Crippen LogP) is 4.23. The molecule has 0 unspecified atom stereocenters. The maximum Gasteiger partial charge on any atom is 0.263 e. The molecule has 0 atom stereocenters. The van der Waals surface area contributed by atoms with Crippen molar-refractivity contribution in [2.75, 3.05) is 31.1 Å². The molecule has 4 aliphatic rings. The molecule has 32 heavy (non-hydrogen) atoms. The fourth-order valence-electron chi connectivity index (χ4n) is 6.14. The second-order valence-corrected chi connectivity index (χ2v) is 9.97. The number of hydrogen-bond acceptors (Lipinski definition) is 4. The largest absolute Gasteiger partial charge is 0.371 e. The molecule has 1 saturated carbocycles. The van der Waals surface area contributed by atoms with Gasteiger partial charge in [0.25, 0.3) is 11.8 Å². The predicted molar refractivity (Wildman–Crippen MR) is 124 cm³/mol.